The van der Waals surface area contributed by atoms with Crippen LogP contribution < -0.4 is 20.5 Å². The van der Waals surface area contributed by atoms with Crippen LogP contribution in [0.1, 0.15) is 25.3 Å². The van der Waals surface area contributed by atoms with E-state index in [1.807, 2.05) is 28.9 Å². The summed E-state index contributed by atoms with van der Waals surface area (Å²) in [6.45, 7) is 5.84. The maximum atomic E-state index is 14.6. The molecule has 1 aliphatic heterocycles. The van der Waals surface area contributed by atoms with Gasteiger partial charge in [0.2, 0.25) is 0 Å². The largest absolute Gasteiger partial charge is 0.497 e. The zero-order chi connectivity index (χ0) is 25.1. The first-order valence-electron chi connectivity index (χ1n) is 12.2. The summed E-state index contributed by atoms with van der Waals surface area (Å²) in [4.78, 5) is 7.07. The average Bonchev–Trinajstić information content (AvgIpc) is 3.24. The summed E-state index contributed by atoms with van der Waals surface area (Å²) in [6.07, 6.45) is 3.69. The highest BCUT2D eigenvalue weighted by Crippen LogP contribution is 2.36. The van der Waals surface area contributed by atoms with Crippen molar-refractivity contribution in [2.45, 2.75) is 32.4 Å². The predicted octanol–water partition coefficient (Wildman–Crippen LogP) is 4.90. The number of likely N-dealkylation sites (tertiary alicyclic amines) is 1. The molecule has 9 heteroatoms. The summed E-state index contributed by atoms with van der Waals surface area (Å²) in [7, 11) is 1.65. The predicted molar refractivity (Wildman–Crippen MR) is 139 cm³/mol. The van der Waals surface area contributed by atoms with E-state index in [1.54, 1.807) is 25.4 Å². The van der Waals surface area contributed by atoms with Gasteiger partial charge in [0.05, 0.1) is 13.7 Å². The molecule has 3 N–H and O–H groups in total. The lowest BCUT2D eigenvalue weighted by Crippen LogP contribution is -2.38. The van der Waals surface area contributed by atoms with Crippen LogP contribution in [0.15, 0.2) is 54.7 Å². The number of piperidine rings is 1. The SMILES string of the molecule is CCN1CCC(Nc2nn(Cc3ccc(OC)cc3)c3nccc(Oc4ccc(N)cc4F)c23)CC1. The fourth-order valence-corrected chi connectivity index (χ4v) is 4.58. The maximum Gasteiger partial charge on any atom is 0.167 e. The Labute approximate surface area is 209 Å². The Kier molecular flexibility index (Phi) is 6.90. The van der Waals surface area contributed by atoms with E-state index in [0.29, 0.717) is 29.4 Å². The normalized spacial score (nSPS) is 14.8. The third-order valence-electron chi connectivity index (χ3n) is 6.64. The monoisotopic (exact) mass is 490 g/mol. The summed E-state index contributed by atoms with van der Waals surface area (Å²) in [5, 5.41) is 9.26. The summed E-state index contributed by atoms with van der Waals surface area (Å²) >= 11 is 0. The fraction of sp³-hybridized carbons (Fsp3) is 0.333. The molecule has 36 heavy (non-hydrogen) atoms. The highest BCUT2D eigenvalue weighted by Gasteiger charge is 2.23. The van der Waals surface area contributed by atoms with Crippen LogP contribution in [0.5, 0.6) is 17.2 Å². The number of anilines is 2. The van der Waals surface area contributed by atoms with Crippen molar-refractivity contribution in [2.24, 2.45) is 0 Å². The number of methoxy groups -OCH3 is 1. The second-order valence-corrected chi connectivity index (χ2v) is 9.01. The number of ether oxygens (including phenoxy) is 2. The molecule has 1 saturated heterocycles. The maximum absolute atomic E-state index is 14.6. The fourth-order valence-electron chi connectivity index (χ4n) is 4.58. The molecule has 2 aromatic heterocycles. The third-order valence-corrected chi connectivity index (χ3v) is 6.64. The van der Waals surface area contributed by atoms with Gasteiger partial charge in [0, 0.05) is 43.1 Å². The lowest BCUT2D eigenvalue weighted by atomic mass is 10.1. The van der Waals surface area contributed by atoms with Crippen LogP contribution in [0.3, 0.4) is 0 Å². The zero-order valence-corrected chi connectivity index (χ0v) is 20.6. The van der Waals surface area contributed by atoms with Crippen LogP contribution >= 0.6 is 0 Å². The number of fused-ring (bicyclic) bond motifs is 1. The number of halogens is 1. The first-order valence-corrected chi connectivity index (χ1v) is 12.2. The van der Waals surface area contributed by atoms with Gasteiger partial charge in [0.1, 0.15) is 16.9 Å². The molecular formula is C27H31FN6O2. The minimum Gasteiger partial charge on any atom is -0.497 e. The number of aromatic nitrogens is 3. The molecule has 2 aromatic carbocycles. The molecule has 4 aromatic rings. The smallest absolute Gasteiger partial charge is 0.167 e. The number of hydrogen-bond donors (Lipinski definition) is 2. The lowest BCUT2D eigenvalue weighted by molar-refractivity contribution is 0.229. The molecule has 0 saturated carbocycles. The van der Waals surface area contributed by atoms with E-state index in [0.717, 1.165) is 49.2 Å². The molecule has 0 radical (unpaired) electrons. The van der Waals surface area contributed by atoms with E-state index in [2.05, 4.69) is 22.1 Å². The molecule has 1 aliphatic rings. The summed E-state index contributed by atoms with van der Waals surface area (Å²) in [5.74, 6) is 1.54. The van der Waals surface area contributed by atoms with E-state index < -0.39 is 5.82 Å². The van der Waals surface area contributed by atoms with Crippen molar-refractivity contribution < 1.29 is 13.9 Å². The highest BCUT2D eigenvalue weighted by atomic mass is 19.1. The van der Waals surface area contributed by atoms with Crippen molar-refractivity contribution in [2.75, 3.05) is 37.8 Å². The van der Waals surface area contributed by atoms with Crippen molar-refractivity contribution in [3.05, 3.63) is 66.1 Å². The Bertz CT molecular complexity index is 1330. The van der Waals surface area contributed by atoms with Crippen molar-refractivity contribution >= 4 is 22.5 Å². The molecule has 0 amide bonds. The van der Waals surface area contributed by atoms with Gasteiger partial charge in [-0.3, -0.25) is 0 Å². The number of rotatable bonds is 8. The lowest BCUT2D eigenvalue weighted by Gasteiger charge is -2.31. The molecule has 3 heterocycles. The molecule has 8 nitrogen and oxygen atoms in total. The van der Waals surface area contributed by atoms with Gasteiger partial charge in [0.15, 0.2) is 23.0 Å². The summed E-state index contributed by atoms with van der Waals surface area (Å²) < 4.78 is 27.7. The van der Waals surface area contributed by atoms with Gasteiger partial charge < -0.3 is 25.4 Å². The van der Waals surface area contributed by atoms with Crippen molar-refractivity contribution in [1.82, 2.24) is 19.7 Å². The Morgan fingerprint density at radius 3 is 2.56 bits per heavy atom. The molecular weight excluding hydrogens is 459 g/mol. The Morgan fingerprint density at radius 1 is 1.08 bits per heavy atom. The summed E-state index contributed by atoms with van der Waals surface area (Å²) in [5.41, 5.74) is 7.77. The molecule has 0 aliphatic carbocycles. The van der Waals surface area contributed by atoms with E-state index in [9.17, 15) is 4.39 Å². The molecule has 0 unspecified atom stereocenters. The van der Waals surface area contributed by atoms with Gasteiger partial charge in [-0.25, -0.2) is 14.1 Å². The highest BCUT2D eigenvalue weighted by molar-refractivity contribution is 5.93. The minimum absolute atomic E-state index is 0.0989. The van der Waals surface area contributed by atoms with Gasteiger partial charge in [-0.1, -0.05) is 19.1 Å². The number of benzene rings is 2. The van der Waals surface area contributed by atoms with Crippen molar-refractivity contribution in [1.29, 1.82) is 0 Å². The van der Waals surface area contributed by atoms with E-state index in [4.69, 9.17) is 20.3 Å². The minimum atomic E-state index is -0.521. The Morgan fingerprint density at radius 2 is 1.86 bits per heavy atom. The van der Waals surface area contributed by atoms with Gasteiger partial charge >= 0.3 is 0 Å². The number of hydrogen-bond acceptors (Lipinski definition) is 7. The third kappa shape index (κ3) is 5.06. The van der Waals surface area contributed by atoms with Crippen LogP contribution in [0.2, 0.25) is 0 Å². The van der Waals surface area contributed by atoms with E-state index in [1.165, 1.54) is 12.1 Å². The van der Waals surface area contributed by atoms with Crippen LogP contribution in [0.25, 0.3) is 11.0 Å². The van der Waals surface area contributed by atoms with Crippen molar-refractivity contribution in [3.8, 4) is 17.2 Å². The molecule has 5 rings (SSSR count). The van der Waals surface area contributed by atoms with Crippen LogP contribution in [0, 0.1) is 5.82 Å². The van der Waals surface area contributed by atoms with Gasteiger partial charge in [-0.05, 0) is 49.2 Å². The molecule has 0 bridgehead atoms. The van der Waals surface area contributed by atoms with Gasteiger partial charge in [-0.2, -0.15) is 5.10 Å². The first-order chi connectivity index (χ1) is 17.5. The van der Waals surface area contributed by atoms with Gasteiger partial charge in [-0.15, -0.1) is 0 Å². The second-order valence-electron chi connectivity index (χ2n) is 9.01. The second kappa shape index (κ2) is 10.4. The van der Waals surface area contributed by atoms with Crippen LogP contribution in [0.4, 0.5) is 15.9 Å². The number of nitrogens with two attached hydrogens (primary N) is 1. The number of nitrogens with zero attached hydrogens (tertiary/aromatic N) is 4. The van der Waals surface area contributed by atoms with Gasteiger partial charge in [0.25, 0.3) is 0 Å². The number of nitrogen functional groups attached to an aromatic ring is 1. The topological polar surface area (TPSA) is 90.5 Å². The van der Waals surface area contributed by atoms with E-state index in [-0.39, 0.29) is 11.8 Å². The summed E-state index contributed by atoms with van der Waals surface area (Å²) in [6, 6.07) is 14.3. The molecule has 0 atom stereocenters. The van der Waals surface area contributed by atoms with Crippen molar-refractivity contribution in [3.63, 3.8) is 0 Å². The van der Waals surface area contributed by atoms with E-state index >= 15 is 0 Å². The Hall–Kier alpha value is -3.85. The molecule has 1 fully saturated rings. The first kappa shape index (κ1) is 23.9. The zero-order valence-electron chi connectivity index (χ0n) is 20.6. The van der Waals surface area contributed by atoms with Crippen LogP contribution in [-0.2, 0) is 6.54 Å². The quantitative estimate of drug-likeness (QED) is 0.340. The molecule has 188 valence electrons. The number of pyridine rings is 1. The molecule has 0 spiro atoms. The van der Waals surface area contributed by atoms with Crippen LogP contribution in [-0.4, -0.2) is 52.5 Å². The Balaban J connectivity index is 1.51. The standard InChI is InChI=1S/C27H31FN6O2/c1-3-33-14-11-20(12-15-33)31-26-25-24(36-23-9-6-19(29)16-22(23)28)10-13-30-27(25)34(32-26)17-18-4-7-21(35-2)8-5-18/h4-10,13,16,20H,3,11-12,14-15,17,29H2,1-2H3,(H,31,32). The number of nitrogens with one attached hydrogen (secondary N) is 1. The average molecular weight is 491 g/mol.